The lowest BCUT2D eigenvalue weighted by Crippen LogP contribution is -2.36. The highest BCUT2D eigenvalue weighted by atomic mass is 16.5. The zero-order chi connectivity index (χ0) is 15.5. The van der Waals surface area contributed by atoms with Gasteiger partial charge in [0, 0.05) is 24.8 Å². The van der Waals surface area contributed by atoms with Gasteiger partial charge < -0.3 is 15.0 Å². The minimum Gasteiger partial charge on any atom is -0.378 e. The fourth-order valence-corrected chi connectivity index (χ4v) is 2.58. The van der Waals surface area contributed by atoms with Gasteiger partial charge >= 0.3 is 0 Å². The van der Waals surface area contributed by atoms with E-state index in [0.717, 1.165) is 49.5 Å². The van der Waals surface area contributed by atoms with Crippen LogP contribution in [-0.2, 0) is 4.74 Å². The van der Waals surface area contributed by atoms with Gasteiger partial charge in [0.1, 0.15) is 17.5 Å². The molecule has 0 aliphatic carbocycles. The highest BCUT2D eigenvalue weighted by Gasteiger charge is 2.14. The first-order valence-electron chi connectivity index (χ1n) is 7.64. The Morgan fingerprint density at radius 3 is 2.59 bits per heavy atom. The van der Waals surface area contributed by atoms with Crippen molar-refractivity contribution in [3.63, 3.8) is 0 Å². The predicted octanol–water partition coefficient (Wildman–Crippen LogP) is 2.98. The van der Waals surface area contributed by atoms with Gasteiger partial charge in [-0.1, -0.05) is 12.1 Å². The van der Waals surface area contributed by atoms with Crippen LogP contribution in [0.4, 0.5) is 17.3 Å². The molecule has 1 N–H and O–H groups in total. The molecule has 1 aliphatic heterocycles. The number of anilines is 3. The first-order valence-corrected chi connectivity index (χ1v) is 7.64. The van der Waals surface area contributed by atoms with E-state index in [9.17, 15) is 0 Å². The third kappa shape index (κ3) is 3.36. The standard InChI is InChI=1S/C17H22N4O/c1-12-4-5-13(2)15(10-12)20-16-11-17(19-14(3)18-16)21-6-8-22-9-7-21/h4-5,10-11H,6-9H2,1-3H3,(H,18,19,20). The topological polar surface area (TPSA) is 50.3 Å². The Morgan fingerprint density at radius 1 is 1.05 bits per heavy atom. The molecule has 1 saturated heterocycles. The van der Waals surface area contributed by atoms with E-state index in [0.29, 0.717) is 0 Å². The Labute approximate surface area is 131 Å². The molecule has 2 heterocycles. The summed E-state index contributed by atoms with van der Waals surface area (Å²) in [5, 5.41) is 3.42. The number of hydrogen-bond acceptors (Lipinski definition) is 5. The van der Waals surface area contributed by atoms with Crippen molar-refractivity contribution in [2.75, 3.05) is 36.5 Å². The van der Waals surface area contributed by atoms with Crippen molar-refractivity contribution in [3.8, 4) is 0 Å². The van der Waals surface area contributed by atoms with Gasteiger partial charge in [0.15, 0.2) is 0 Å². The van der Waals surface area contributed by atoms with Gasteiger partial charge in [0.2, 0.25) is 0 Å². The maximum Gasteiger partial charge on any atom is 0.136 e. The molecule has 5 nitrogen and oxygen atoms in total. The smallest absolute Gasteiger partial charge is 0.136 e. The van der Waals surface area contributed by atoms with Gasteiger partial charge in [0.05, 0.1) is 13.2 Å². The van der Waals surface area contributed by atoms with Crippen LogP contribution in [-0.4, -0.2) is 36.3 Å². The van der Waals surface area contributed by atoms with E-state index in [4.69, 9.17) is 4.74 Å². The maximum absolute atomic E-state index is 5.41. The largest absolute Gasteiger partial charge is 0.378 e. The van der Waals surface area contributed by atoms with Crippen molar-refractivity contribution in [3.05, 3.63) is 41.2 Å². The summed E-state index contributed by atoms with van der Waals surface area (Å²) in [6, 6.07) is 8.39. The van der Waals surface area contributed by atoms with E-state index in [1.54, 1.807) is 0 Å². The molecule has 0 saturated carbocycles. The molecule has 1 aromatic heterocycles. The van der Waals surface area contributed by atoms with Crippen LogP contribution in [0.3, 0.4) is 0 Å². The Morgan fingerprint density at radius 2 is 1.82 bits per heavy atom. The molecule has 5 heteroatoms. The van der Waals surface area contributed by atoms with Crippen molar-refractivity contribution in [1.82, 2.24) is 9.97 Å². The quantitative estimate of drug-likeness (QED) is 0.944. The highest BCUT2D eigenvalue weighted by molar-refractivity contribution is 5.63. The Kier molecular flexibility index (Phi) is 4.24. The van der Waals surface area contributed by atoms with Crippen LogP contribution in [0.2, 0.25) is 0 Å². The fourth-order valence-electron chi connectivity index (χ4n) is 2.58. The Balaban J connectivity index is 1.87. The van der Waals surface area contributed by atoms with Gasteiger partial charge in [0.25, 0.3) is 0 Å². The first-order chi connectivity index (χ1) is 10.6. The van der Waals surface area contributed by atoms with Gasteiger partial charge in [-0.2, -0.15) is 0 Å². The second kappa shape index (κ2) is 6.32. The average molecular weight is 298 g/mol. The van der Waals surface area contributed by atoms with Crippen LogP contribution in [0.25, 0.3) is 0 Å². The number of hydrogen-bond donors (Lipinski definition) is 1. The number of morpholine rings is 1. The molecule has 0 bridgehead atoms. The third-order valence-corrected chi connectivity index (χ3v) is 3.82. The number of rotatable bonds is 3. The van der Waals surface area contributed by atoms with E-state index in [1.807, 2.05) is 13.0 Å². The van der Waals surface area contributed by atoms with E-state index in [2.05, 4.69) is 52.2 Å². The SMILES string of the molecule is Cc1ccc(C)c(Nc2cc(N3CCOCC3)nc(C)n2)c1. The van der Waals surface area contributed by atoms with E-state index >= 15 is 0 Å². The summed E-state index contributed by atoms with van der Waals surface area (Å²) < 4.78 is 5.41. The number of aryl methyl sites for hydroxylation is 3. The number of benzene rings is 1. The van der Waals surface area contributed by atoms with Crippen molar-refractivity contribution in [2.45, 2.75) is 20.8 Å². The minimum atomic E-state index is 0.753. The molecule has 2 aromatic rings. The first kappa shape index (κ1) is 14.8. The molecule has 22 heavy (non-hydrogen) atoms. The van der Waals surface area contributed by atoms with Crippen LogP contribution in [0.1, 0.15) is 17.0 Å². The Bertz CT molecular complexity index is 666. The summed E-state index contributed by atoms with van der Waals surface area (Å²) in [4.78, 5) is 11.3. The van der Waals surface area contributed by atoms with Crippen LogP contribution in [0, 0.1) is 20.8 Å². The van der Waals surface area contributed by atoms with Crippen molar-refractivity contribution in [2.24, 2.45) is 0 Å². The summed E-state index contributed by atoms with van der Waals surface area (Å²) in [5.41, 5.74) is 3.52. The van der Waals surface area contributed by atoms with Crippen molar-refractivity contribution in [1.29, 1.82) is 0 Å². The second-order valence-electron chi connectivity index (χ2n) is 5.70. The molecule has 0 radical (unpaired) electrons. The summed E-state index contributed by atoms with van der Waals surface area (Å²) in [7, 11) is 0. The summed E-state index contributed by atoms with van der Waals surface area (Å²) in [6.45, 7) is 9.37. The molecule has 0 unspecified atom stereocenters. The lowest BCUT2D eigenvalue weighted by atomic mass is 10.1. The van der Waals surface area contributed by atoms with Gasteiger partial charge in [-0.25, -0.2) is 9.97 Å². The van der Waals surface area contributed by atoms with Crippen molar-refractivity contribution >= 4 is 17.3 Å². The maximum atomic E-state index is 5.41. The number of nitrogens with zero attached hydrogens (tertiary/aromatic N) is 3. The number of ether oxygens (including phenoxy) is 1. The Hall–Kier alpha value is -2.14. The predicted molar refractivity (Wildman–Crippen MR) is 89.0 cm³/mol. The molecular weight excluding hydrogens is 276 g/mol. The molecule has 0 amide bonds. The molecule has 0 atom stereocenters. The summed E-state index contributed by atoms with van der Waals surface area (Å²) in [6.07, 6.45) is 0. The lowest BCUT2D eigenvalue weighted by molar-refractivity contribution is 0.122. The molecule has 116 valence electrons. The van der Waals surface area contributed by atoms with E-state index in [-0.39, 0.29) is 0 Å². The van der Waals surface area contributed by atoms with E-state index in [1.165, 1.54) is 11.1 Å². The fraction of sp³-hybridized carbons (Fsp3) is 0.412. The highest BCUT2D eigenvalue weighted by Crippen LogP contribution is 2.23. The van der Waals surface area contributed by atoms with Crippen LogP contribution in [0.5, 0.6) is 0 Å². The van der Waals surface area contributed by atoms with Crippen LogP contribution >= 0.6 is 0 Å². The molecular formula is C17H22N4O. The monoisotopic (exact) mass is 298 g/mol. The molecule has 1 fully saturated rings. The van der Waals surface area contributed by atoms with Gasteiger partial charge in [-0.05, 0) is 38.0 Å². The average Bonchev–Trinajstić information content (AvgIpc) is 2.51. The number of aromatic nitrogens is 2. The molecule has 1 aromatic carbocycles. The van der Waals surface area contributed by atoms with Crippen LogP contribution in [0.15, 0.2) is 24.3 Å². The molecule has 1 aliphatic rings. The lowest BCUT2D eigenvalue weighted by Gasteiger charge is -2.28. The third-order valence-electron chi connectivity index (χ3n) is 3.82. The summed E-state index contributed by atoms with van der Waals surface area (Å²) in [5.74, 6) is 2.57. The van der Waals surface area contributed by atoms with E-state index < -0.39 is 0 Å². The summed E-state index contributed by atoms with van der Waals surface area (Å²) >= 11 is 0. The van der Waals surface area contributed by atoms with Gasteiger partial charge in [-0.15, -0.1) is 0 Å². The van der Waals surface area contributed by atoms with Crippen LogP contribution < -0.4 is 10.2 Å². The molecule has 3 rings (SSSR count). The van der Waals surface area contributed by atoms with Crippen molar-refractivity contribution < 1.29 is 4.74 Å². The van der Waals surface area contributed by atoms with Gasteiger partial charge in [-0.3, -0.25) is 0 Å². The normalized spacial score (nSPS) is 15.0. The second-order valence-corrected chi connectivity index (χ2v) is 5.70. The molecule has 0 spiro atoms. The zero-order valence-electron chi connectivity index (χ0n) is 13.4. The number of nitrogens with one attached hydrogen (secondary N) is 1. The minimum absolute atomic E-state index is 0.753. The zero-order valence-corrected chi connectivity index (χ0v) is 13.4.